The van der Waals surface area contributed by atoms with Gasteiger partial charge < -0.3 is 10.3 Å². The molecule has 5 nitrogen and oxygen atoms in total. The van der Waals surface area contributed by atoms with E-state index in [9.17, 15) is 8.42 Å². The third-order valence-electron chi connectivity index (χ3n) is 2.89. The summed E-state index contributed by atoms with van der Waals surface area (Å²) in [5.74, 6) is 0.0766. The van der Waals surface area contributed by atoms with Crippen LogP contribution in [0.5, 0.6) is 0 Å². The molecule has 2 N–H and O–H groups in total. The largest absolute Gasteiger partial charge is 0.367 e. The van der Waals surface area contributed by atoms with Crippen LogP contribution in [-0.4, -0.2) is 19.8 Å². The van der Waals surface area contributed by atoms with Crippen LogP contribution in [0.3, 0.4) is 0 Å². The minimum atomic E-state index is -3.29. The lowest BCUT2D eigenvalue weighted by Crippen LogP contribution is -2.09. The molecule has 0 aliphatic heterocycles. The Balaban J connectivity index is 2.62. The van der Waals surface area contributed by atoms with Crippen molar-refractivity contribution in [2.45, 2.75) is 12.2 Å². The van der Waals surface area contributed by atoms with Crippen molar-refractivity contribution in [1.82, 2.24) is 5.16 Å². The third kappa shape index (κ3) is 2.74. The second kappa shape index (κ2) is 4.86. The summed E-state index contributed by atoms with van der Waals surface area (Å²) in [4.78, 5) is 0. The number of aromatic nitrogens is 1. The average molecular weight is 301 g/mol. The number of nitrogens with zero attached hydrogens (tertiary/aromatic N) is 1. The van der Waals surface area contributed by atoms with Crippen LogP contribution in [0.2, 0.25) is 5.02 Å². The summed E-state index contributed by atoms with van der Waals surface area (Å²) in [5.41, 5.74) is 7.18. The van der Waals surface area contributed by atoms with Crippen LogP contribution < -0.4 is 5.73 Å². The SMILES string of the molecule is CC(c1noc(N)c1-c1cccc(Cl)c1)S(C)(=O)=O. The Bertz CT molecular complexity index is 710. The summed E-state index contributed by atoms with van der Waals surface area (Å²) >= 11 is 5.93. The van der Waals surface area contributed by atoms with Crippen LogP contribution in [0.15, 0.2) is 28.8 Å². The molecular weight excluding hydrogens is 288 g/mol. The average Bonchev–Trinajstić information content (AvgIpc) is 2.68. The van der Waals surface area contributed by atoms with Crippen LogP contribution in [0.4, 0.5) is 5.88 Å². The zero-order chi connectivity index (χ0) is 14.2. The van der Waals surface area contributed by atoms with Gasteiger partial charge in [0.25, 0.3) is 0 Å². The zero-order valence-corrected chi connectivity index (χ0v) is 12.0. The first kappa shape index (κ1) is 13.9. The fraction of sp³-hybridized carbons (Fsp3) is 0.250. The molecule has 1 aromatic heterocycles. The van der Waals surface area contributed by atoms with Gasteiger partial charge in [0, 0.05) is 11.3 Å². The molecule has 0 fully saturated rings. The van der Waals surface area contributed by atoms with Crippen LogP contribution in [0, 0.1) is 0 Å². The van der Waals surface area contributed by atoms with E-state index in [-0.39, 0.29) is 5.88 Å². The van der Waals surface area contributed by atoms with E-state index in [0.717, 1.165) is 6.26 Å². The van der Waals surface area contributed by atoms with Gasteiger partial charge >= 0.3 is 0 Å². The van der Waals surface area contributed by atoms with E-state index in [4.69, 9.17) is 21.9 Å². The maximum absolute atomic E-state index is 11.6. The van der Waals surface area contributed by atoms with Crippen LogP contribution >= 0.6 is 11.6 Å². The molecule has 0 aliphatic carbocycles. The van der Waals surface area contributed by atoms with Crippen molar-refractivity contribution in [1.29, 1.82) is 0 Å². The maximum atomic E-state index is 11.6. The number of halogens is 1. The summed E-state index contributed by atoms with van der Waals surface area (Å²) in [7, 11) is -3.29. The van der Waals surface area contributed by atoms with Crippen molar-refractivity contribution in [2.24, 2.45) is 0 Å². The zero-order valence-electron chi connectivity index (χ0n) is 10.4. The van der Waals surface area contributed by atoms with Gasteiger partial charge in [0.05, 0.1) is 5.56 Å². The molecule has 1 heterocycles. The van der Waals surface area contributed by atoms with Crippen LogP contribution in [0.1, 0.15) is 17.9 Å². The lowest BCUT2D eigenvalue weighted by molar-refractivity contribution is 0.427. The molecule has 0 radical (unpaired) electrons. The molecule has 1 atom stereocenters. The normalized spacial score (nSPS) is 13.4. The fourth-order valence-corrected chi connectivity index (χ4v) is 2.49. The van der Waals surface area contributed by atoms with E-state index in [2.05, 4.69) is 5.16 Å². The van der Waals surface area contributed by atoms with Crippen molar-refractivity contribution in [3.05, 3.63) is 35.0 Å². The number of rotatable bonds is 3. The minimum absolute atomic E-state index is 0.0766. The first-order chi connectivity index (χ1) is 8.80. The molecule has 1 aromatic carbocycles. The van der Waals surface area contributed by atoms with Gasteiger partial charge in [-0.1, -0.05) is 28.9 Å². The van der Waals surface area contributed by atoms with Gasteiger partial charge in [0.15, 0.2) is 9.84 Å². The van der Waals surface area contributed by atoms with Crippen LogP contribution in [0.25, 0.3) is 11.1 Å². The number of hydrogen-bond acceptors (Lipinski definition) is 5. The molecular formula is C12H13ClN2O3S. The van der Waals surface area contributed by atoms with Crippen molar-refractivity contribution in [3.8, 4) is 11.1 Å². The van der Waals surface area contributed by atoms with Crippen molar-refractivity contribution in [3.63, 3.8) is 0 Å². The van der Waals surface area contributed by atoms with Crippen molar-refractivity contribution in [2.75, 3.05) is 12.0 Å². The highest BCUT2D eigenvalue weighted by Gasteiger charge is 2.27. The van der Waals surface area contributed by atoms with E-state index in [0.29, 0.717) is 21.8 Å². The number of anilines is 1. The second-order valence-electron chi connectivity index (χ2n) is 4.29. The Kier molecular flexibility index (Phi) is 3.56. The predicted octanol–water partition coefficient (Wildman–Crippen LogP) is 2.68. The Morgan fingerprint density at radius 1 is 1.42 bits per heavy atom. The van der Waals surface area contributed by atoms with E-state index in [1.54, 1.807) is 31.2 Å². The van der Waals surface area contributed by atoms with E-state index in [1.165, 1.54) is 0 Å². The highest BCUT2D eigenvalue weighted by molar-refractivity contribution is 7.90. The smallest absolute Gasteiger partial charge is 0.230 e. The predicted molar refractivity (Wildman–Crippen MR) is 74.6 cm³/mol. The molecule has 2 rings (SSSR count). The van der Waals surface area contributed by atoms with Crippen molar-refractivity contribution >= 4 is 27.3 Å². The highest BCUT2D eigenvalue weighted by Crippen LogP contribution is 2.36. The lowest BCUT2D eigenvalue weighted by Gasteiger charge is -2.08. The van der Waals surface area contributed by atoms with Gasteiger partial charge in [-0.2, -0.15) is 0 Å². The monoisotopic (exact) mass is 300 g/mol. The molecule has 102 valence electrons. The van der Waals surface area contributed by atoms with Gasteiger partial charge in [-0.05, 0) is 24.6 Å². The van der Waals surface area contributed by atoms with Gasteiger partial charge in [0.2, 0.25) is 5.88 Å². The van der Waals surface area contributed by atoms with E-state index >= 15 is 0 Å². The summed E-state index contributed by atoms with van der Waals surface area (Å²) in [6, 6.07) is 6.92. The van der Waals surface area contributed by atoms with Gasteiger partial charge in [-0.25, -0.2) is 8.42 Å². The summed E-state index contributed by atoms with van der Waals surface area (Å²) in [6.45, 7) is 1.54. The topological polar surface area (TPSA) is 86.2 Å². The Morgan fingerprint density at radius 3 is 2.68 bits per heavy atom. The quantitative estimate of drug-likeness (QED) is 0.941. The van der Waals surface area contributed by atoms with Crippen molar-refractivity contribution < 1.29 is 12.9 Å². The minimum Gasteiger partial charge on any atom is -0.367 e. The van der Waals surface area contributed by atoms with Gasteiger partial charge in [-0.15, -0.1) is 0 Å². The van der Waals surface area contributed by atoms with E-state index < -0.39 is 15.1 Å². The Morgan fingerprint density at radius 2 is 2.11 bits per heavy atom. The maximum Gasteiger partial charge on any atom is 0.230 e. The fourth-order valence-electron chi connectivity index (χ4n) is 1.73. The Labute approximate surface area is 116 Å². The number of benzene rings is 1. The Hall–Kier alpha value is -1.53. The number of nitrogen functional groups attached to an aromatic ring is 1. The number of sulfone groups is 1. The van der Waals surface area contributed by atoms with Gasteiger partial charge in [0.1, 0.15) is 10.9 Å². The van der Waals surface area contributed by atoms with E-state index in [1.807, 2.05) is 0 Å². The van der Waals surface area contributed by atoms with Gasteiger partial charge in [-0.3, -0.25) is 0 Å². The summed E-state index contributed by atoms with van der Waals surface area (Å²) < 4.78 is 28.2. The molecule has 0 aliphatic rings. The molecule has 0 bridgehead atoms. The third-order valence-corrected chi connectivity index (χ3v) is 4.63. The molecule has 1 unspecified atom stereocenters. The first-order valence-electron chi connectivity index (χ1n) is 5.50. The molecule has 0 saturated carbocycles. The molecule has 0 spiro atoms. The lowest BCUT2D eigenvalue weighted by atomic mass is 10.0. The standard InChI is InChI=1S/C12H13ClN2O3S/c1-7(19(2,16)17)11-10(12(14)18-15-11)8-4-3-5-9(13)6-8/h3-7H,14H2,1-2H3. The number of hydrogen-bond donors (Lipinski definition) is 1. The molecule has 2 aromatic rings. The first-order valence-corrected chi connectivity index (χ1v) is 7.84. The second-order valence-corrected chi connectivity index (χ2v) is 7.09. The summed E-state index contributed by atoms with van der Waals surface area (Å²) in [6.07, 6.45) is 1.14. The highest BCUT2D eigenvalue weighted by atomic mass is 35.5. The molecule has 0 amide bonds. The summed E-state index contributed by atoms with van der Waals surface area (Å²) in [5, 5.41) is 3.49. The van der Waals surface area contributed by atoms with Crippen LogP contribution in [-0.2, 0) is 9.84 Å². The molecule has 7 heteroatoms. The number of nitrogens with two attached hydrogens (primary N) is 1. The molecule has 0 saturated heterocycles. The molecule has 19 heavy (non-hydrogen) atoms.